The molecule has 1 aromatic rings. The molecule has 0 radical (unpaired) electrons. The van der Waals surface area contributed by atoms with E-state index in [4.69, 9.17) is 5.11 Å². The maximum atomic E-state index is 12.6. The summed E-state index contributed by atoms with van der Waals surface area (Å²) < 4.78 is 25.1. The second-order valence-electron chi connectivity index (χ2n) is 2.21. The van der Waals surface area contributed by atoms with E-state index in [-0.39, 0.29) is 12.2 Å². The van der Waals surface area contributed by atoms with Crippen molar-refractivity contribution >= 4 is 0 Å². The summed E-state index contributed by atoms with van der Waals surface area (Å²) in [5, 5.41) is 8.98. The van der Waals surface area contributed by atoms with Crippen molar-refractivity contribution in [1.82, 2.24) is 0 Å². The summed E-state index contributed by atoms with van der Waals surface area (Å²) in [6, 6.07) is 1.53. The van der Waals surface area contributed by atoms with Crippen LogP contribution in [-0.4, -0.2) is 5.11 Å². The van der Waals surface area contributed by atoms with Gasteiger partial charge in [0.2, 0.25) is 0 Å². The molecule has 12 heavy (non-hydrogen) atoms. The second kappa shape index (κ2) is 3.46. The third-order valence-electron chi connectivity index (χ3n) is 1.35. The van der Waals surface area contributed by atoms with Crippen LogP contribution in [0, 0.1) is 11.6 Å². The first kappa shape index (κ1) is 8.89. The SMILES string of the molecule is NOCc1cc(F)cc(F)c1O. The summed E-state index contributed by atoms with van der Waals surface area (Å²) in [6.45, 7) is -0.236. The minimum atomic E-state index is -1.03. The molecule has 1 aromatic carbocycles. The highest BCUT2D eigenvalue weighted by molar-refractivity contribution is 5.33. The quantitative estimate of drug-likeness (QED) is 0.661. The van der Waals surface area contributed by atoms with E-state index in [0.717, 1.165) is 6.07 Å². The van der Waals surface area contributed by atoms with Crippen molar-refractivity contribution < 1.29 is 18.7 Å². The average molecular weight is 175 g/mol. The van der Waals surface area contributed by atoms with Crippen LogP contribution in [0.3, 0.4) is 0 Å². The van der Waals surface area contributed by atoms with Gasteiger partial charge in [0.15, 0.2) is 11.6 Å². The van der Waals surface area contributed by atoms with Crippen LogP contribution in [-0.2, 0) is 11.4 Å². The Labute approximate surface area is 67.3 Å². The van der Waals surface area contributed by atoms with Gasteiger partial charge in [0, 0.05) is 11.6 Å². The maximum absolute atomic E-state index is 12.6. The topological polar surface area (TPSA) is 55.5 Å². The summed E-state index contributed by atoms with van der Waals surface area (Å²) in [5.41, 5.74) is -0.0185. The number of halogens is 2. The smallest absolute Gasteiger partial charge is 0.168 e. The van der Waals surface area contributed by atoms with Crippen LogP contribution >= 0.6 is 0 Å². The van der Waals surface area contributed by atoms with Crippen LogP contribution in [0.15, 0.2) is 12.1 Å². The van der Waals surface area contributed by atoms with E-state index in [0.29, 0.717) is 6.07 Å². The van der Waals surface area contributed by atoms with Crippen LogP contribution in [0.5, 0.6) is 5.75 Å². The zero-order chi connectivity index (χ0) is 9.14. The first-order chi connectivity index (χ1) is 5.65. The molecule has 0 unspecified atom stereocenters. The molecule has 0 spiro atoms. The molecule has 0 fully saturated rings. The van der Waals surface area contributed by atoms with Gasteiger partial charge in [-0.05, 0) is 6.07 Å². The fourth-order valence-corrected chi connectivity index (χ4v) is 0.819. The predicted octanol–water partition coefficient (Wildman–Crippen LogP) is 1.06. The molecule has 0 saturated heterocycles. The highest BCUT2D eigenvalue weighted by Crippen LogP contribution is 2.22. The molecule has 0 saturated carbocycles. The Bertz CT molecular complexity index is 291. The van der Waals surface area contributed by atoms with Gasteiger partial charge in [-0.15, -0.1) is 0 Å². The summed E-state index contributed by atoms with van der Waals surface area (Å²) in [5.74, 6) is 2.23. The van der Waals surface area contributed by atoms with Gasteiger partial charge in [-0.25, -0.2) is 14.7 Å². The number of nitrogens with two attached hydrogens (primary N) is 1. The number of phenolic OH excluding ortho intramolecular Hbond substituents is 1. The molecular weight excluding hydrogens is 168 g/mol. The van der Waals surface area contributed by atoms with Crippen molar-refractivity contribution in [2.75, 3.05) is 0 Å². The monoisotopic (exact) mass is 175 g/mol. The van der Waals surface area contributed by atoms with Crippen LogP contribution in [0.1, 0.15) is 5.56 Å². The van der Waals surface area contributed by atoms with E-state index in [1.54, 1.807) is 0 Å². The van der Waals surface area contributed by atoms with Crippen LogP contribution < -0.4 is 5.90 Å². The van der Waals surface area contributed by atoms with Crippen molar-refractivity contribution in [2.24, 2.45) is 5.90 Å². The van der Waals surface area contributed by atoms with E-state index in [1.807, 2.05) is 0 Å². The van der Waals surface area contributed by atoms with Crippen molar-refractivity contribution in [3.63, 3.8) is 0 Å². The Balaban J connectivity index is 3.09. The lowest BCUT2D eigenvalue weighted by Crippen LogP contribution is -2.00. The number of hydrogen-bond donors (Lipinski definition) is 2. The van der Waals surface area contributed by atoms with Crippen LogP contribution in [0.4, 0.5) is 8.78 Å². The van der Waals surface area contributed by atoms with E-state index in [2.05, 4.69) is 10.7 Å². The third kappa shape index (κ3) is 1.69. The number of phenols is 1. The second-order valence-corrected chi connectivity index (χ2v) is 2.21. The molecule has 5 heteroatoms. The Morgan fingerprint density at radius 1 is 1.42 bits per heavy atom. The molecule has 3 N–H and O–H groups in total. The molecule has 0 aliphatic rings. The van der Waals surface area contributed by atoms with Crippen molar-refractivity contribution in [3.8, 4) is 5.75 Å². The van der Waals surface area contributed by atoms with Gasteiger partial charge in [-0.2, -0.15) is 0 Å². The van der Waals surface area contributed by atoms with Gasteiger partial charge in [-0.3, -0.25) is 4.84 Å². The van der Waals surface area contributed by atoms with Gasteiger partial charge in [0.1, 0.15) is 5.82 Å². The van der Waals surface area contributed by atoms with Crippen molar-refractivity contribution in [1.29, 1.82) is 0 Å². The summed E-state index contributed by atoms with van der Waals surface area (Å²) in [6.07, 6.45) is 0. The largest absolute Gasteiger partial charge is 0.505 e. The van der Waals surface area contributed by atoms with Gasteiger partial charge in [0.25, 0.3) is 0 Å². The lowest BCUT2D eigenvalue weighted by atomic mass is 10.2. The molecule has 0 aliphatic heterocycles. The van der Waals surface area contributed by atoms with E-state index in [1.165, 1.54) is 0 Å². The molecule has 3 nitrogen and oxygen atoms in total. The predicted molar refractivity (Wildman–Crippen MR) is 37.0 cm³/mol. The van der Waals surface area contributed by atoms with Gasteiger partial charge in [-0.1, -0.05) is 0 Å². The molecule has 0 atom stereocenters. The van der Waals surface area contributed by atoms with E-state index < -0.39 is 17.4 Å². The molecule has 0 bridgehead atoms. The number of hydrogen-bond acceptors (Lipinski definition) is 3. The third-order valence-corrected chi connectivity index (χ3v) is 1.35. The van der Waals surface area contributed by atoms with E-state index >= 15 is 0 Å². The first-order valence-corrected chi connectivity index (χ1v) is 3.13. The summed E-state index contributed by atoms with van der Waals surface area (Å²) in [7, 11) is 0. The van der Waals surface area contributed by atoms with Crippen LogP contribution in [0.25, 0.3) is 0 Å². The zero-order valence-electron chi connectivity index (χ0n) is 6.05. The molecule has 0 aliphatic carbocycles. The number of rotatable bonds is 2. The molecule has 0 heterocycles. The molecule has 0 aromatic heterocycles. The van der Waals surface area contributed by atoms with E-state index in [9.17, 15) is 8.78 Å². The normalized spacial score (nSPS) is 10.2. The summed E-state index contributed by atoms with van der Waals surface area (Å²) >= 11 is 0. The lowest BCUT2D eigenvalue weighted by Gasteiger charge is -2.03. The van der Waals surface area contributed by atoms with Gasteiger partial charge < -0.3 is 5.11 Å². The molecule has 66 valence electrons. The lowest BCUT2D eigenvalue weighted by molar-refractivity contribution is 0.121. The minimum absolute atomic E-state index is 0.0185. The number of aromatic hydroxyl groups is 1. The highest BCUT2D eigenvalue weighted by atomic mass is 19.1. The Hall–Kier alpha value is -1.20. The standard InChI is InChI=1S/C7H7F2NO2/c8-5-1-4(3-12-10)7(11)6(9)2-5/h1-2,11H,3,10H2. The molecule has 1 rings (SSSR count). The molecule has 0 amide bonds. The minimum Gasteiger partial charge on any atom is -0.505 e. The van der Waals surface area contributed by atoms with Gasteiger partial charge in [0.05, 0.1) is 6.61 Å². The number of benzene rings is 1. The van der Waals surface area contributed by atoms with Crippen LogP contribution in [0.2, 0.25) is 0 Å². The van der Waals surface area contributed by atoms with Crippen molar-refractivity contribution in [3.05, 3.63) is 29.3 Å². The average Bonchev–Trinajstić information content (AvgIpc) is 2.00. The Morgan fingerprint density at radius 2 is 2.08 bits per heavy atom. The zero-order valence-corrected chi connectivity index (χ0v) is 6.05. The highest BCUT2D eigenvalue weighted by Gasteiger charge is 2.09. The fraction of sp³-hybridized carbons (Fsp3) is 0.143. The van der Waals surface area contributed by atoms with Gasteiger partial charge >= 0.3 is 0 Å². The Morgan fingerprint density at radius 3 is 2.67 bits per heavy atom. The fourth-order valence-electron chi connectivity index (χ4n) is 0.819. The van der Waals surface area contributed by atoms with Crippen molar-refractivity contribution in [2.45, 2.75) is 6.61 Å². The first-order valence-electron chi connectivity index (χ1n) is 3.13. The summed E-state index contributed by atoms with van der Waals surface area (Å²) in [4.78, 5) is 4.13. The molecular formula is C7H7F2NO2. The maximum Gasteiger partial charge on any atom is 0.168 e. The Kier molecular flexibility index (Phi) is 2.57.